The van der Waals surface area contributed by atoms with Crippen LogP contribution in [0.3, 0.4) is 0 Å². The summed E-state index contributed by atoms with van der Waals surface area (Å²) in [7, 11) is 0. The van der Waals surface area contributed by atoms with Gasteiger partial charge in [0.2, 0.25) is 0 Å². The largest absolute Gasteiger partial charge is 0.508 e. The molecule has 0 amide bonds. The SMILES string of the molecule is CC(NCCN1CCSCC1)c1ccc(O)cc1. The fourth-order valence-corrected chi connectivity index (χ4v) is 3.12. The number of nitrogens with zero attached hydrogens (tertiary/aromatic N) is 1. The van der Waals surface area contributed by atoms with Gasteiger partial charge in [-0.25, -0.2) is 0 Å². The van der Waals surface area contributed by atoms with Gasteiger partial charge in [-0.05, 0) is 24.6 Å². The molecule has 0 aromatic heterocycles. The van der Waals surface area contributed by atoms with Crippen molar-refractivity contribution in [1.82, 2.24) is 10.2 Å². The van der Waals surface area contributed by atoms with E-state index in [0.717, 1.165) is 13.1 Å². The van der Waals surface area contributed by atoms with Crippen LogP contribution >= 0.6 is 11.8 Å². The maximum Gasteiger partial charge on any atom is 0.115 e. The highest BCUT2D eigenvalue weighted by Gasteiger charge is 2.10. The molecule has 4 heteroatoms. The molecular weight excluding hydrogens is 244 g/mol. The van der Waals surface area contributed by atoms with Crippen molar-refractivity contribution in [3.05, 3.63) is 29.8 Å². The number of phenols is 1. The Kier molecular flexibility index (Phi) is 5.35. The zero-order chi connectivity index (χ0) is 12.8. The average Bonchev–Trinajstić information content (AvgIpc) is 2.40. The van der Waals surface area contributed by atoms with Crippen LogP contribution in [-0.4, -0.2) is 47.7 Å². The molecule has 1 fully saturated rings. The van der Waals surface area contributed by atoms with Crippen LogP contribution in [0.15, 0.2) is 24.3 Å². The number of rotatable bonds is 5. The summed E-state index contributed by atoms with van der Waals surface area (Å²) >= 11 is 2.05. The Labute approximate surface area is 114 Å². The third kappa shape index (κ3) is 4.19. The molecule has 18 heavy (non-hydrogen) atoms. The number of nitrogens with one attached hydrogen (secondary N) is 1. The maximum atomic E-state index is 9.26. The van der Waals surface area contributed by atoms with Gasteiger partial charge in [0.25, 0.3) is 0 Å². The molecule has 0 saturated carbocycles. The Balaban J connectivity index is 1.70. The van der Waals surface area contributed by atoms with Crippen LogP contribution in [0, 0.1) is 0 Å². The predicted molar refractivity (Wildman–Crippen MR) is 78.3 cm³/mol. The van der Waals surface area contributed by atoms with Crippen molar-refractivity contribution in [2.24, 2.45) is 0 Å². The van der Waals surface area contributed by atoms with Crippen LogP contribution in [-0.2, 0) is 0 Å². The maximum absolute atomic E-state index is 9.26. The standard InChI is InChI=1S/C14H22N2OS/c1-12(13-2-4-14(17)5-3-13)15-6-7-16-8-10-18-11-9-16/h2-5,12,15,17H,6-11H2,1H3. The van der Waals surface area contributed by atoms with E-state index in [1.54, 1.807) is 12.1 Å². The van der Waals surface area contributed by atoms with E-state index in [2.05, 4.69) is 28.9 Å². The molecule has 1 aromatic carbocycles. The molecule has 1 aromatic rings. The van der Waals surface area contributed by atoms with E-state index in [1.165, 1.54) is 30.2 Å². The smallest absolute Gasteiger partial charge is 0.115 e. The van der Waals surface area contributed by atoms with E-state index in [-0.39, 0.29) is 0 Å². The molecule has 2 rings (SSSR count). The van der Waals surface area contributed by atoms with Crippen molar-refractivity contribution in [1.29, 1.82) is 0 Å². The number of benzene rings is 1. The molecule has 0 aliphatic carbocycles. The topological polar surface area (TPSA) is 35.5 Å². The van der Waals surface area contributed by atoms with E-state index in [4.69, 9.17) is 0 Å². The summed E-state index contributed by atoms with van der Waals surface area (Å²) in [5.41, 5.74) is 1.22. The summed E-state index contributed by atoms with van der Waals surface area (Å²) in [5, 5.41) is 12.8. The van der Waals surface area contributed by atoms with Crippen LogP contribution in [0.25, 0.3) is 0 Å². The van der Waals surface area contributed by atoms with Crippen molar-refractivity contribution in [2.75, 3.05) is 37.7 Å². The number of hydrogen-bond donors (Lipinski definition) is 2. The third-order valence-electron chi connectivity index (χ3n) is 3.38. The van der Waals surface area contributed by atoms with Crippen molar-refractivity contribution < 1.29 is 5.11 Å². The fourth-order valence-electron chi connectivity index (χ4n) is 2.14. The molecule has 100 valence electrons. The van der Waals surface area contributed by atoms with Gasteiger partial charge in [-0.3, -0.25) is 0 Å². The minimum absolute atomic E-state index is 0.330. The van der Waals surface area contributed by atoms with Gasteiger partial charge in [-0.2, -0.15) is 11.8 Å². The molecule has 0 spiro atoms. The molecule has 0 bridgehead atoms. The van der Waals surface area contributed by atoms with Gasteiger partial charge in [0.05, 0.1) is 0 Å². The van der Waals surface area contributed by atoms with Gasteiger partial charge >= 0.3 is 0 Å². The van der Waals surface area contributed by atoms with E-state index in [9.17, 15) is 5.11 Å². The summed E-state index contributed by atoms with van der Waals surface area (Å²) in [4.78, 5) is 2.52. The van der Waals surface area contributed by atoms with Gasteiger partial charge in [-0.15, -0.1) is 0 Å². The van der Waals surface area contributed by atoms with Gasteiger partial charge in [-0.1, -0.05) is 12.1 Å². The van der Waals surface area contributed by atoms with Gasteiger partial charge in [0.15, 0.2) is 0 Å². The predicted octanol–water partition coefficient (Wildman–Crippen LogP) is 2.09. The lowest BCUT2D eigenvalue weighted by Gasteiger charge is -2.26. The molecule has 1 heterocycles. The second kappa shape index (κ2) is 7.02. The number of hydrogen-bond acceptors (Lipinski definition) is 4. The third-order valence-corrected chi connectivity index (χ3v) is 4.32. The van der Waals surface area contributed by atoms with Crippen molar-refractivity contribution >= 4 is 11.8 Å². The first-order chi connectivity index (χ1) is 8.75. The highest BCUT2D eigenvalue weighted by atomic mass is 32.2. The van der Waals surface area contributed by atoms with Crippen molar-refractivity contribution in [2.45, 2.75) is 13.0 Å². The van der Waals surface area contributed by atoms with Crippen molar-refractivity contribution in [3.8, 4) is 5.75 Å². The van der Waals surface area contributed by atoms with E-state index in [1.807, 2.05) is 12.1 Å². The quantitative estimate of drug-likeness (QED) is 0.855. The zero-order valence-corrected chi connectivity index (χ0v) is 11.7. The first kappa shape index (κ1) is 13.7. The summed E-state index contributed by atoms with van der Waals surface area (Å²) < 4.78 is 0. The first-order valence-electron chi connectivity index (χ1n) is 6.58. The Bertz CT molecular complexity index is 349. The molecule has 1 unspecified atom stereocenters. The van der Waals surface area contributed by atoms with Crippen LogP contribution in [0.1, 0.15) is 18.5 Å². The lowest BCUT2D eigenvalue weighted by molar-refractivity contribution is 0.297. The zero-order valence-electron chi connectivity index (χ0n) is 10.9. The summed E-state index contributed by atoms with van der Waals surface area (Å²) in [6.07, 6.45) is 0. The van der Waals surface area contributed by atoms with Crippen LogP contribution in [0.5, 0.6) is 5.75 Å². The Morgan fingerprint density at radius 2 is 1.94 bits per heavy atom. The van der Waals surface area contributed by atoms with Gasteiger partial charge in [0.1, 0.15) is 5.75 Å². The van der Waals surface area contributed by atoms with Crippen molar-refractivity contribution in [3.63, 3.8) is 0 Å². The van der Waals surface area contributed by atoms with E-state index in [0.29, 0.717) is 11.8 Å². The minimum atomic E-state index is 0.330. The fraction of sp³-hybridized carbons (Fsp3) is 0.571. The highest BCUT2D eigenvalue weighted by molar-refractivity contribution is 7.99. The van der Waals surface area contributed by atoms with Crippen LogP contribution < -0.4 is 5.32 Å². The average molecular weight is 266 g/mol. The molecule has 1 aliphatic heterocycles. The van der Waals surface area contributed by atoms with Crippen LogP contribution in [0.2, 0.25) is 0 Å². The lowest BCUT2D eigenvalue weighted by Crippen LogP contribution is -2.38. The lowest BCUT2D eigenvalue weighted by atomic mass is 10.1. The summed E-state index contributed by atoms with van der Waals surface area (Å²) in [6, 6.07) is 7.78. The highest BCUT2D eigenvalue weighted by Crippen LogP contribution is 2.16. The molecule has 1 aliphatic rings. The molecule has 0 radical (unpaired) electrons. The minimum Gasteiger partial charge on any atom is -0.508 e. The van der Waals surface area contributed by atoms with E-state index < -0.39 is 0 Å². The summed E-state index contributed by atoms with van der Waals surface area (Å²) in [6.45, 7) is 6.76. The molecule has 1 atom stereocenters. The Morgan fingerprint density at radius 3 is 2.61 bits per heavy atom. The normalized spacial score (nSPS) is 18.7. The number of phenolic OH excluding ortho intramolecular Hbond substituents is 1. The van der Waals surface area contributed by atoms with Gasteiger partial charge in [0, 0.05) is 43.7 Å². The van der Waals surface area contributed by atoms with Gasteiger partial charge < -0.3 is 15.3 Å². The second-order valence-electron chi connectivity index (χ2n) is 4.72. The molecule has 1 saturated heterocycles. The first-order valence-corrected chi connectivity index (χ1v) is 7.73. The summed E-state index contributed by atoms with van der Waals surface area (Å²) in [5.74, 6) is 2.87. The molecule has 3 nitrogen and oxygen atoms in total. The van der Waals surface area contributed by atoms with E-state index >= 15 is 0 Å². The molecular formula is C14H22N2OS. The Hall–Kier alpha value is -0.710. The Morgan fingerprint density at radius 1 is 1.28 bits per heavy atom. The molecule has 2 N–H and O–H groups in total. The second-order valence-corrected chi connectivity index (χ2v) is 5.95. The number of thioether (sulfide) groups is 1. The number of aromatic hydroxyl groups is 1. The van der Waals surface area contributed by atoms with Crippen LogP contribution in [0.4, 0.5) is 0 Å². The monoisotopic (exact) mass is 266 g/mol.